The SMILES string of the molecule is CCNC(=NCc1cc(C#N)ccc1F)NCC(O)c1cccc(OC(C)C)c1. The summed E-state index contributed by atoms with van der Waals surface area (Å²) in [6.45, 7) is 6.71. The summed E-state index contributed by atoms with van der Waals surface area (Å²) in [5.41, 5.74) is 1.44. The van der Waals surface area contributed by atoms with Crippen LogP contribution in [0.5, 0.6) is 5.75 Å². The highest BCUT2D eigenvalue weighted by Gasteiger charge is 2.11. The molecule has 0 aromatic heterocycles. The molecule has 7 heteroatoms. The zero-order valence-electron chi connectivity index (χ0n) is 16.9. The summed E-state index contributed by atoms with van der Waals surface area (Å²) in [6.07, 6.45) is -0.721. The van der Waals surface area contributed by atoms with Crippen LogP contribution in [0.4, 0.5) is 4.39 Å². The van der Waals surface area contributed by atoms with Crippen LogP contribution in [0.3, 0.4) is 0 Å². The molecule has 1 unspecified atom stereocenters. The number of benzene rings is 2. The Labute approximate surface area is 171 Å². The first-order chi connectivity index (χ1) is 13.9. The Balaban J connectivity index is 2.03. The van der Waals surface area contributed by atoms with Crippen LogP contribution in [-0.2, 0) is 6.54 Å². The number of nitrogens with one attached hydrogen (secondary N) is 2. The second kappa shape index (κ2) is 11.0. The lowest BCUT2D eigenvalue weighted by Gasteiger charge is -2.17. The third-order valence-corrected chi connectivity index (χ3v) is 4.00. The number of ether oxygens (including phenoxy) is 1. The molecular formula is C22H27FN4O2. The van der Waals surface area contributed by atoms with Gasteiger partial charge < -0.3 is 20.5 Å². The number of aliphatic hydroxyl groups is 1. The molecule has 29 heavy (non-hydrogen) atoms. The van der Waals surface area contributed by atoms with E-state index in [-0.39, 0.29) is 19.2 Å². The number of halogens is 1. The molecule has 2 aromatic rings. The van der Waals surface area contributed by atoms with Crippen molar-refractivity contribution in [1.29, 1.82) is 5.26 Å². The average molecular weight is 398 g/mol. The lowest BCUT2D eigenvalue weighted by Crippen LogP contribution is -2.39. The van der Waals surface area contributed by atoms with Crippen LogP contribution in [0.15, 0.2) is 47.5 Å². The summed E-state index contributed by atoms with van der Waals surface area (Å²) >= 11 is 0. The normalized spacial score (nSPS) is 12.4. The van der Waals surface area contributed by atoms with E-state index in [1.807, 2.05) is 45.0 Å². The maximum Gasteiger partial charge on any atom is 0.191 e. The Morgan fingerprint density at radius 1 is 1.24 bits per heavy atom. The van der Waals surface area contributed by atoms with Crippen molar-refractivity contribution in [2.75, 3.05) is 13.1 Å². The van der Waals surface area contributed by atoms with Crippen LogP contribution < -0.4 is 15.4 Å². The molecule has 2 aromatic carbocycles. The molecule has 0 amide bonds. The summed E-state index contributed by atoms with van der Waals surface area (Å²) in [4.78, 5) is 4.35. The van der Waals surface area contributed by atoms with Gasteiger partial charge in [0.05, 0.1) is 30.4 Å². The number of guanidine groups is 1. The molecule has 2 rings (SSSR count). The standard InChI is InChI=1S/C22H27FN4O2/c1-4-25-22(26-13-18-10-16(12-24)8-9-20(18)23)27-14-21(28)17-6-5-7-19(11-17)29-15(2)3/h5-11,15,21,28H,4,13-14H2,1-3H3,(H2,25,26,27). The minimum atomic E-state index is -0.770. The van der Waals surface area contributed by atoms with Gasteiger partial charge in [-0.3, -0.25) is 0 Å². The lowest BCUT2D eigenvalue weighted by molar-refractivity contribution is 0.179. The van der Waals surface area contributed by atoms with E-state index in [4.69, 9.17) is 10.00 Å². The van der Waals surface area contributed by atoms with Crippen molar-refractivity contribution >= 4 is 5.96 Å². The van der Waals surface area contributed by atoms with Gasteiger partial charge in [0.1, 0.15) is 11.6 Å². The molecule has 0 saturated heterocycles. The van der Waals surface area contributed by atoms with Crippen LogP contribution in [0.25, 0.3) is 0 Å². The van der Waals surface area contributed by atoms with Gasteiger partial charge in [0, 0.05) is 18.7 Å². The highest BCUT2D eigenvalue weighted by atomic mass is 19.1. The summed E-state index contributed by atoms with van der Waals surface area (Å²) in [5, 5.41) is 25.6. The largest absolute Gasteiger partial charge is 0.491 e. The molecular weight excluding hydrogens is 371 g/mol. The predicted molar refractivity (Wildman–Crippen MR) is 111 cm³/mol. The zero-order valence-corrected chi connectivity index (χ0v) is 16.9. The number of hydrogen-bond acceptors (Lipinski definition) is 4. The first kappa shape index (κ1) is 22.2. The number of rotatable bonds is 8. The average Bonchev–Trinajstić information content (AvgIpc) is 2.70. The van der Waals surface area contributed by atoms with E-state index in [2.05, 4.69) is 15.6 Å². The van der Waals surface area contributed by atoms with E-state index in [0.29, 0.717) is 29.4 Å². The fourth-order valence-electron chi connectivity index (χ4n) is 2.65. The zero-order chi connectivity index (χ0) is 21.2. The van der Waals surface area contributed by atoms with E-state index < -0.39 is 11.9 Å². The van der Waals surface area contributed by atoms with Gasteiger partial charge in [-0.15, -0.1) is 0 Å². The third-order valence-electron chi connectivity index (χ3n) is 4.00. The third kappa shape index (κ3) is 7.09. The van der Waals surface area contributed by atoms with Gasteiger partial charge in [0.15, 0.2) is 5.96 Å². The van der Waals surface area contributed by atoms with E-state index in [1.54, 1.807) is 6.07 Å². The summed E-state index contributed by atoms with van der Waals surface area (Å²) < 4.78 is 19.6. The highest BCUT2D eigenvalue weighted by molar-refractivity contribution is 5.79. The number of aliphatic hydroxyl groups excluding tert-OH is 1. The fraction of sp³-hybridized carbons (Fsp3) is 0.364. The number of nitriles is 1. The molecule has 0 bridgehead atoms. The topological polar surface area (TPSA) is 89.7 Å². The number of aliphatic imine (C=N–C) groups is 1. The Morgan fingerprint density at radius 3 is 2.72 bits per heavy atom. The Morgan fingerprint density at radius 2 is 2.03 bits per heavy atom. The van der Waals surface area contributed by atoms with Crippen LogP contribution in [0.2, 0.25) is 0 Å². The van der Waals surface area contributed by atoms with Gasteiger partial charge in [0.2, 0.25) is 0 Å². The van der Waals surface area contributed by atoms with E-state index in [1.165, 1.54) is 18.2 Å². The molecule has 6 nitrogen and oxygen atoms in total. The second-order valence-corrected chi connectivity index (χ2v) is 6.75. The summed E-state index contributed by atoms with van der Waals surface area (Å²) in [7, 11) is 0. The van der Waals surface area contributed by atoms with Crippen molar-refractivity contribution in [3.63, 3.8) is 0 Å². The summed E-state index contributed by atoms with van der Waals surface area (Å²) in [6, 6.07) is 13.5. The van der Waals surface area contributed by atoms with E-state index in [0.717, 1.165) is 5.56 Å². The van der Waals surface area contributed by atoms with Crippen LogP contribution in [0.1, 0.15) is 43.6 Å². The van der Waals surface area contributed by atoms with Crippen LogP contribution in [0, 0.1) is 17.1 Å². The Hall–Kier alpha value is -3.11. The van der Waals surface area contributed by atoms with Crippen molar-refractivity contribution in [1.82, 2.24) is 10.6 Å². The van der Waals surface area contributed by atoms with Gasteiger partial charge in [-0.1, -0.05) is 12.1 Å². The predicted octanol–water partition coefficient (Wildman–Crippen LogP) is 3.27. The maximum atomic E-state index is 13.9. The first-order valence-electron chi connectivity index (χ1n) is 9.58. The molecule has 1 atom stereocenters. The van der Waals surface area contributed by atoms with Crippen molar-refractivity contribution in [2.24, 2.45) is 4.99 Å². The molecule has 3 N–H and O–H groups in total. The first-order valence-corrected chi connectivity index (χ1v) is 9.58. The van der Waals surface area contributed by atoms with Crippen molar-refractivity contribution in [2.45, 2.75) is 39.5 Å². The van der Waals surface area contributed by atoms with Crippen molar-refractivity contribution in [3.8, 4) is 11.8 Å². The highest BCUT2D eigenvalue weighted by Crippen LogP contribution is 2.20. The second-order valence-electron chi connectivity index (χ2n) is 6.75. The van der Waals surface area contributed by atoms with Crippen molar-refractivity contribution < 1.29 is 14.2 Å². The maximum absolute atomic E-state index is 13.9. The molecule has 154 valence electrons. The molecule has 0 saturated carbocycles. The van der Waals surface area contributed by atoms with Crippen molar-refractivity contribution in [3.05, 3.63) is 65.0 Å². The van der Waals surface area contributed by atoms with Gasteiger partial charge >= 0.3 is 0 Å². The molecule has 0 aliphatic carbocycles. The monoisotopic (exact) mass is 398 g/mol. The molecule has 0 aliphatic rings. The van der Waals surface area contributed by atoms with Gasteiger partial charge in [0.25, 0.3) is 0 Å². The molecule has 0 spiro atoms. The molecule has 0 heterocycles. The molecule has 0 radical (unpaired) electrons. The Kier molecular flexibility index (Phi) is 8.44. The van der Waals surface area contributed by atoms with Gasteiger partial charge in [-0.2, -0.15) is 5.26 Å². The Bertz CT molecular complexity index is 877. The quantitative estimate of drug-likeness (QED) is 0.469. The smallest absolute Gasteiger partial charge is 0.191 e. The number of hydrogen-bond donors (Lipinski definition) is 3. The molecule has 0 fully saturated rings. The lowest BCUT2D eigenvalue weighted by atomic mass is 10.1. The molecule has 0 aliphatic heterocycles. The van der Waals surface area contributed by atoms with E-state index >= 15 is 0 Å². The summed E-state index contributed by atoms with van der Waals surface area (Å²) in [5.74, 6) is 0.735. The fourth-order valence-corrected chi connectivity index (χ4v) is 2.65. The van der Waals surface area contributed by atoms with Crippen LogP contribution >= 0.6 is 0 Å². The minimum absolute atomic E-state index is 0.0490. The van der Waals surface area contributed by atoms with Gasteiger partial charge in [-0.05, 0) is 56.7 Å². The van der Waals surface area contributed by atoms with Crippen LogP contribution in [-0.4, -0.2) is 30.3 Å². The number of nitrogens with zero attached hydrogens (tertiary/aromatic N) is 2. The minimum Gasteiger partial charge on any atom is -0.491 e. The van der Waals surface area contributed by atoms with Gasteiger partial charge in [-0.25, -0.2) is 9.38 Å². The van der Waals surface area contributed by atoms with E-state index in [9.17, 15) is 9.50 Å².